The van der Waals surface area contributed by atoms with Crippen molar-refractivity contribution in [2.45, 2.75) is 51.2 Å². The van der Waals surface area contributed by atoms with Crippen LogP contribution in [0.2, 0.25) is 0 Å². The number of esters is 1. The van der Waals surface area contributed by atoms with Gasteiger partial charge < -0.3 is 24.4 Å². The molecular weight excluding hydrogens is 348 g/mol. The number of hydrogen-bond acceptors (Lipinski definition) is 4. The SMILES string of the molecule is CCOC(=O)CNC(=O)N(CC(=O)N(Cc1cccn1C)C1CC1)C1CC1. The topological polar surface area (TPSA) is 83.9 Å². The van der Waals surface area contributed by atoms with E-state index in [1.807, 2.05) is 34.8 Å². The molecular formula is C19H28N4O4. The predicted molar refractivity (Wildman–Crippen MR) is 98.7 cm³/mol. The Hall–Kier alpha value is -2.51. The van der Waals surface area contributed by atoms with E-state index in [9.17, 15) is 14.4 Å². The fraction of sp³-hybridized carbons (Fsp3) is 0.632. The molecule has 0 saturated heterocycles. The first-order valence-corrected chi connectivity index (χ1v) is 9.59. The number of carbonyl (C=O) groups is 3. The van der Waals surface area contributed by atoms with Gasteiger partial charge in [-0.2, -0.15) is 0 Å². The van der Waals surface area contributed by atoms with Crippen molar-refractivity contribution in [3.05, 3.63) is 24.0 Å². The van der Waals surface area contributed by atoms with Gasteiger partial charge in [0.15, 0.2) is 0 Å². The molecule has 148 valence electrons. The van der Waals surface area contributed by atoms with Crippen molar-refractivity contribution >= 4 is 17.9 Å². The molecule has 2 aliphatic rings. The maximum Gasteiger partial charge on any atom is 0.325 e. The third kappa shape index (κ3) is 5.24. The number of ether oxygens (including phenoxy) is 1. The van der Waals surface area contributed by atoms with Gasteiger partial charge in [0, 0.05) is 31.0 Å². The quantitative estimate of drug-likeness (QED) is 0.658. The van der Waals surface area contributed by atoms with Crippen LogP contribution in [0, 0.1) is 0 Å². The summed E-state index contributed by atoms with van der Waals surface area (Å²) in [5.41, 5.74) is 1.07. The zero-order valence-electron chi connectivity index (χ0n) is 16.0. The zero-order valence-corrected chi connectivity index (χ0v) is 16.0. The van der Waals surface area contributed by atoms with Gasteiger partial charge >= 0.3 is 12.0 Å². The average Bonchev–Trinajstić information content (AvgIpc) is 3.55. The minimum Gasteiger partial charge on any atom is -0.465 e. The van der Waals surface area contributed by atoms with E-state index >= 15 is 0 Å². The standard InChI is InChI=1S/C19H28N4O4/c1-3-27-18(25)11-20-19(26)23(15-8-9-15)13-17(24)22(14-6-7-14)12-16-5-4-10-21(16)2/h4-5,10,14-15H,3,6-9,11-13H2,1-2H3,(H,20,26). The molecule has 0 aromatic carbocycles. The second kappa shape index (κ2) is 8.45. The number of hydrogen-bond donors (Lipinski definition) is 1. The molecule has 3 amide bonds. The Morgan fingerprint density at radius 3 is 2.41 bits per heavy atom. The molecule has 2 aliphatic carbocycles. The lowest BCUT2D eigenvalue weighted by molar-refractivity contribution is -0.141. The molecule has 0 atom stereocenters. The molecule has 27 heavy (non-hydrogen) atoms. The Kier molecular flexibility index (Phi) is 6.03. The lowest BCUT2D eigenvalue weighted by Gasteiger charge is -2.28. The van der Waals surface area contributed by atoms with Crippen LogP contribution < -0.4 is 5.32 Å². The Morgan fingerprint density at radius 1 is 1.19 bits per heavy atom. The molecule has 0 radical (unpaired) electrons. The summed E-state index contributed by atoms with van der Waals surface area (Å²) in [5, 5.41) is 2.57. The number of amides is 3. The van der Waals surface area contributed by atoms with Crippen molar-refractivity contribution < 1.29 is 19.1 Å². The summed E-state index contributed by atoms with van der Waals surface area (Å²) in [6, 6.07) is 3.93. The molecule has 1 aromatic heterocycles. The van der Waals surface area contributed by atoms with Crippen molar-refractivity contribution in [3.8, 4) is 0 Å². The van der Waals surface area contributed by atoms with Crippen LogP contribution in [0.1, 0.15) is 38.3 Å². The summed E-state index contributed by atoms with van der Waals surface area (Å²) >= 11 is 0. The monoisotopic (exact) mass is 376 g/mol. The molecule has 3 rings (SSSR count). The lowest BCUT2D eigenvalue weighted by Crippen LogP contribution is -2.49. The van der Waals surface area contributed by atoms with Crippen LogP contribution in [0.3, 0.4) is 0 Å². The van der Waals surface area contributed by atoms with Gasteiger partial charge in [0.1, 0.15) is 13.1 Å². The van der Waals surface area contributed by atoms with E-state index in [1.165, 1.54) is 0 Å². The summed E-state index contributed by atoms with van der Waals surface area (Å²) in [6.45, 7) is 2.40. The molecule has 1 aromatic rings. The van der Waals surface area contributed by atoms with Crippen molar-refractivity contribution in [1.82, 2.24) is 19.7 Å². The molecule has 0 bridgehead atoms. The molecule has 1 N–H and O–H groups in total. The number of nitrogens with zero attached hydrogens (tertiary/aromatic N) is 3. The first-order chi connectivity index (χ1) is 13.0. The number of urea groups is 1. The zero-order chi connectivity index (χ0) is 19.4. The van der Waals surface area contributed by atoms with E-state index in [2.05, 4.69) is 5.32 Å². The van der Waals surface area contributed by atoms with Gasteiger partial charge in [0.05, 0.1) is 13.2 Å². The number of aryl methyl sites for hydroxylation is 1. The fourth-order valence-corrected chi connectivity index (χ4v) is 3.09. The smallest absolute Gasteiger partial charge is 0.325 e. The Bertz CT molecular complexity index is 694. The van der Waals surface area contributed by atoms with Crippen LogP contribution in [0.4, 0.5) is 4.79 Å². The lowest BCUT2D eigenvalue weighted by atomic mass is 10.3. The minimum absolute atomic E-state index is 0.0419. The average molecular weight is 376 g/mol. The Labute approximate surface area is 159 Å². The molecule has 0 unspecified atom stereocenters. The van der Waals surface area contributed by atoms with Crippen molar-refractivity contribution in [3.63, 3.8) is 0 Å². The van der Waals surface area contributed by atoms with Gasteiger partial charge in [0.2, 0.25) is 5.91 Å². The summed E-state index contributed by atoms with van der Waals surface area (Å²) in [7, 11) is 1.96. The van der Waals surface area contributed by atoms with Gasteiger partial charge in [-0.05, 0) is 44.7 Å². The van der Waals surface area contributed by atoms with Crippen LogP contribution in [0.25, 0.3) is 0 Å². The van der Waals surface area contributed by atoms with Crippen molar-refractivity contribution in [2.75, 3.05) is 19.7 Å². The van der Waals surface area contributed by atoms with Gasteiger partial charge in [-0.3, -0.25) is 9.59 Å². The highest BCUT2D eigenvalue weighted by atomic mass is 16.5. The molecule has 2 saturated carbocycles. The van der Waals surface area contributed by atoms with Crippen molar-refractivity contribution in [1.29, 1.82) is 0 Å². The van der Waals surface area contributed by atoms with Crippen LogP contribution in [-0.4, -0.2) is 64.1 Å². The maximum atomic E-state index is 13.0. The molecule has 0 spiro atoms. The Morgan fingerprint density at radius 2 is 1.85 bits per heavy atom. The van der Waals surface area contributed by atoms with Gasteiger partial charge in [-0.15, -0.1) is 0 Å². The van der Waals surface area contributed by atoms with Crippen LogP contribution in [0.15, 0.2) is 18.3 Å². The van der Waals surface area contributed by atoms with Crippen LogP contribution in [-0.2, 0) is 27.9 Å². The molecule has 2 fully saturated rings. The molecule has 8 nitrogen and oxygen atoms in total. The first-order valence-electron chi connectivity index (χ1n) is 9.59. The highest BCUT2D eigenvalue weighted by molar-refractivity contribution is 5.86. The molecule has 1 heterocycles. The van der Waals surface area contributed by atoms with E-state index < -0.39 is 5.97 Å². The summed E-state index contributed by atoms with van der Waals surface area (Å²) in [5.74, 6) is -0.520. The predicted octanol–water partition coefficient (Wildman–Crippen LogP) is 1.25. The number of nitrogens with one attached hydrogen (secondary N) is 1. The summed E-state index contributed by atoms with van der Waals surface area (Å²) in [6.07, 6.45) is 5.76. The second-order valence-corrected chi connectivity index (χ2v) is 7.19. The van der Waals surface area contributed by atoms with E-state index in [0.717, 1.165) is 31.4 Å². The van der Waals surface area contributed by atoms with Crippen LogP contribution >= 0.6 is 0 Å². The number of carbonyl (C=O) groups excluding carboxylic acids is 3. The molecule has 8 heteroatoms. The highest BCUT2D eigenvalue weighted by Crippen LogP contribution is 2.30. The van der Waals surface area contributed by atoms with E-state index in [1.54, 1.807) is 11.8 Å². The van der Waals surface area contributed by atoms with Crippen molar-refractivity contribution in [2.24, 2.45) is 7.05 Å². The van der Waals surface area contributed by atoms with E-state index in [4.69, 9.17) is 4.74 Å². The molecule has 0 aliphatic heterocycles. The summed E-state index contributed by atoms with van der Waals surface area (Å²) < 4.78 is 6.83. The first kappa shape index (κ1) is 19.3. The van der Waals surface area contributed by atoms with Gasteiger partial charge in [0.25, 0.3) is 0 Å². The maximum absolute atomic E-state index is 13.0. The third-order valence-corrected chi connectivity index (χ3v) is 4.94. The summed E-state index contributed by atoms with van der Waals surface area (Å²) in [4.78, 5) is 40.3. The fourth-order valence-electron chi connectivity index (χ4n) is 3.09. The third-order valence-electron chi connectivity index (χ3n) is 4.94. The van der Waals surface area contributed by atoms with E-state index in [0.29, 0.717) is 6.54 Å². The van der Waals surface area contributed by atoms with E-state index in [-0.39, 0.29) is 43.7 Å². The largest absolute Gasteiger partial charge is 0.465 e. The van der Waals surface area contributed by atoms with Gasteiger partial charge in [-0.25, -0.2) is 4.79 Å². The van der Waals surface area contributed by atoms with Gasteiger partial charge in [-0.1, -0.05) is 0 Å². The normalized spacial score (nSPS) is 15.9. The minimum atomic E-state index is -0.476. The second-order valence-electron chi connectivity index (χ2n) is 7.19. The van der Waals surface area contributed by atoms with Crippen LogP contribution in [0.5, 0.6) is 0 Å². The highest BCUT2D eigenvalue weighted by Gasteiger charge is 2.38. The Balaban J connectivity index is 1.59. The number of aromatic nitrogens is 1. The number of rotatable bonds is 9.